The molecule has 0 aromatic carbocycles. The third-order valence-corrected chi connectivity index (χ3v) is 6.84. The van der Waals surface area contributed by atoms with Crippen LogP contribution in [-0.2, 0) is 19.1 Å². The van der Waals surface area contributed by atoms with Gasteiger partial charge in [-0.15, -0.1) is 11.8 Å². The van der Waals surface area contributed by atoms with Crippen molar-refractivity contribution in [3.8, 4) is 0 Å². The van der Waals surface area contributed by atoms with E-state index in [-0.39, 0.29) is 23.4 Å². The van der Waals surface area contributed by atoms with E-state index in [4.69, 9.17) is 9.47 Å². The van der Waals surface area contributed by atoms with Crippen molar-refractivity contribution in [1.82, 2.24) is 0 Å². The Kier molecular flexibility index (Phi) is 26.9. The molecule has 33 heavy (non-hydrogen) atoms. The Morgan fingerprint density at radius 3 is 1.03 bits per heavy atom. The Morgan fingerprint density at radius 1 is 0.455 bits per heavy atom. The van der Waals surface area contributed by atoms with E-state index in [2.05, 4.69) is 13.8 Å². The first-order chi connectivity index (χ1) is 16.2. The van der Waals surface area contributed by atoms with Crippen molar-refractivity contribution in [2.24, 2.45) is 0 Å². The van der Waals surface area contributed by atoms with Gasteiger partial charge in [-0.1, -0.05) is 129 Å². The molecule has 5 heteroatoms. The zero-order chi connectivity index (χ0) is 24.2. The maximum atomic E-state index is 11.7. The summed E-state index contributed by atoms with van der Waals surface area (Å²) in [7, 11) is 0. The first-order valence-electron chi connectivity index (χ1n) is 14.1. The minimum atomic E-state index is -0.224. The second-order valence-electron chi connectivity index (χ2n) is 9.30. The monoisotopic (exact) mass is 486 g/mol. The van der Waals surface area contributed by atoms with Gasteiger partial charge in [0.15, 0.2) is 0 Å². The molecule has 0 atom stereocenters. The van der Waals surface area contributed by atoms with Crippen LogP contribution >= 0.6 is 11.8 Å². The molecular formula is C28H54O4S. The van der Waals surface area contributed by atoms with Crippen molar-refractivity contribution in [2.75, 3.05) is 24.7 Å². The van der Waals surface area contributed by atoms with Crippen molar-refractivity contribution in [1.29, 1.82) is 0 Å². The highest BCUT2D eigenvalue weighted by Gasteiger charge is 2.07. The molecule has 0 N–H and O–H groups in total. The second kappa shape index (κ2) is 27.5. The highest BCUT2D eigenvalue weighted by Crippen LogP contribution is 2.12. The lowest BCUT2D eigenvalue weighted by Gasteiger charge is -2.06. The average molecular weight is 487 g/mol. The zero-order valence-electron chi connectivity index (χ0n) is 22.0. The summed E-state index contributed by atoms with van der Waals surface area (Å²) < 4.78 is 10.5. The fourth-order valence-electron chi connectivity index (χ4n) is 3.85. The van der Waals surface area contributed by atoms with Gasteiger partial charge in [0.1, 0.15) is 0 Å². The lowest BCUT2D eigenvalue weighted by Crippen LogP contribution is -2.13. The second-order valence-corrected chi connectivity index (χ2v) is 10.3. The zero-order valence-corrected chi connectivity index (χ0v) is 22.8. The van der Waals surface area contributed by atoms with E-state index >= 15 is 0 Å². The summed E-state index contributed by atoms with van der Waals surface area (Å²) >= 11 is 1.29. The Balaban J connectivity index is 3.29. The summed E-state index contributed by atoms with van der Waals surface area (Å²) in [5.74, 6) is 0.00722. The van der Waals surface area contributed by atoms with Crippen LogP contribution in [0.1, 0.15) is 142 Å². The van der Waals surface area contributed by atoms with E-state index in [0.29, 0.717) is 13.2 Å². The standard InChI is InChI=1S/C28H54O4S/c1-3-5-7-9-11-13-15-17-19-21-23-31-27(29)25-33-26-28(30)32-24-22-20-18-16-14-12-10-8-6-4-2/h3-26H2,1-2H3. The lowest BCUT2D eigenvalue weighted by molar-refractivity contribution is -0.140. The minimum absolute atomic E-state index is 0.224. The molecule has 0 aromatic rings. The normalized spacial score (nSPS) is 11.0. The number of hydrogen-bond donors (Lipinski definition) is 0. The molecule has 0 heterocycles. The van der Waals surface area contributed by atoms with E-state index in [0.717, 1.165) is 25.7 Å². The van der Waals surface area contributed by atoms with Crippen LogP contribution in [0, 0.1) is 0 Å². The van der Waals surface area contributed by atoms with Crippen molar-refractivity contribution in [3.63, 3.8) is 0 Å². The number of thioether (sulfide) groups is 1. The number of carbonyl (C=O) groups excluding carboxylic acids is 2. The fourth-order valence-corrected chi connectivity index (χ4v) is 4.45. The molecule has 0 saturated carbocycles. The third-order valence-electron chi connectivity index (χ3n) is 5.96. The SMILES string of the molecule is CCCCCCCCCCCCOC(=O)CSCC(=O)OCCCCCCCCCCCC. The largest absolute Gasteiger partial charge is 0.465 e. The summed E-state index contributed by atoms with van der Waals surface area (Å²) in [4.78, 5) is 23.5. The van der Waals surface area contributed by atoms with E-state index in [1.54, 1.807) is 0 Å². The van der Waals surface area contributed by atoms with Crippen molar-refractivity contribution in [2.45, 2.75) is 142 Å². The van der Waals surface area contributed by atoms with Crippen LogP contribution in [0.4, 0.5) is 0 Å². The molecule has 0 amide bonds. The van der Waals surface area contributed by atoms with Crippen LogP contribution in [0.3, 0.4) is 0 Å². The molecule has 0 aliphatic carbocycles. The van der Waals surface area contributed by atoms with Crippen molar-refractivity contribution in [3.05, 3.63) is 0 Å². The summed E-state index contributed by atoms with van der Waals surface area (Å²) in [6.45, 7) is 5.50. The maximum absolute atomic E-state index is 11.7. The fraction of sp³-hybridized carbons (Fsp3) is 0.929. The van der Waals surface area contributed by atoms with Crippen LogP contribution in [-0.4, -0.2) is 36.7 Å². The number of rotatable bonds is 26. The van der Waals surface area contributed by atoms with Gasteiger partial charge < -0.3 is 9.47 Å². The van der Waals surface area contributed by atoms with Crippen LogP contribution < -0.4 is 0 Å². The van der Waals surface area contributed by atoms with Crippen LogP contribution in [0.5, 0.6) is 0 Å². The number of ether oxygens (including phenoxy) is 2. The van der Waals surface area contributed by atoms with Crippen LogP contribution in [0.2, 0.25) is 0 Å². The first-order valence-corrected chi connectivity index (χ1v) is 15.2. The summed E-state index contributed by atoms with van der Waals surface area (Å²) in [5.41, 5.74) is 0. The number of unbranched alkanes of at least 4 members (excludes halogenated alkanes) is 18. The number of carbonyl (C=O) groups is 2. The Labute approximate surface area is 209 Å². The van der Waals surface area contributed by atoms with Crippen molar-refractivity contribution >= 4 is 23.7 Å². The smallest absolute Gasteiger partial charge is 0.315 e. The van der Waals surface area contributed by atoms with Crippen LogP contribution in [0.25, 0.3) is 0 Å². The predicted octanol–water partition coefficient (Wildman–Crippen LogP) is 8.65. The number of esters is 2. The molecule has 0 aliphatic heterocycles. The maximum Gasteiger partial charge on any atom is 0.315 e. The van der Waals surface area contributed by atoms with Crippen LogP contribution in [0.15, 0.2) is 0 Å². The molecule has 0 rings (SSSR count). The van der Waals surface area contributed by atoms with Gasteiger partial charge in [-0.3, -0.25) is 9.59 Å². The molecule has 0 fully saturated rings. The Hall–Kier alpha value is -0.710. The Morgan fingerprint density at radius 2 is 0.727 bits per heavy atom. The molecule has 0 radical (unpaired) electrons. The summed E-state index contributed by atoms with van der Waals surface area (Å²) in [5, 5.41) is 0. The molecule has 0 aliphatic rings. The molecule has 0 spiro atoms. The van der Waals surface area contributed by atoms with Gasteiger partial charge in [0.2, 0.25) is 0 Å². The van der Waals surface area contributed by atoms with E-state index in [9.17, 15) is 9.59 Å². The predicted molar refractivity (Wildman–Crippen MR) is 143 cm³/mol. The van der Waals surface area contributed by atoms with Gasteiger partial charge in [0, 0.05) is 0 Å². The molecule has 196 valence electrons. The van der Waals surface area contributed by atoms with E-state index < -0.39 is 0 Å². The Bertz CT molecular complexity index is 390. The van der Waals surface area contributed by atoms with Gasteiger partial charge in [0.05, 0.1) is 24.7 Å². The topological polar surface area (TPSA) is 52.6 Å². The molecule has 0 aromatic heterocycles. The van der Waals surface area contributed by atoms with Crippen molar-refractivity contribution < 1.29 is 19.1 Å². The molecule has 0 bridgehead atoms. The number of hydrogen-bond acceptors (Lipinski definition) is 5. The van der Waals surface area contributed by atoms with Gasteiger partial charge in [-0.25, -0.2) is 0 Å². The summed E-state index contributed by atoms with van der Waals surface area (Å²) in [6.07, 6.45) is 25.4. The molecule has 4 nitrogen and oxygen atoms in total. The molecular weight excluding hydrogens is 432 g/mol. The summed E-state index contributed by atoms with van der Waals surface area (Å²) in [6, 6.07) is 0. The van der Waals surface area contributed by atoms with Gasteiger partial charge in [-0.05, 0) is 12.8 Å². The highest BCUT2D eigenvalue weighted by molar-refractivity contribution is 8.00. The molecule has 0 unspecified atom stereocenters. The lowest BCUT2D eigenvalue weighted by atomic mass is 10.1. The van der Waals surface area contributed by atoms with E-state index in [1.807, 2.05) is 0 Å². The third kappa shape index (κ3) is 27.4. The minimum Gasteiger partial charge on any atom is -0.465 e. The van der Waals surface area contributed by atoms with E-state index in [1.165, 1.54) is 114 Å². The van der Waals surface area contributed by atoms with Gasteiger partial charge in [0.25, 0.3) is 0 Å². The van der Waals surface area contributed by atoms with Gasteiger partial charge >= 0.3 is 11.9 Å². The quantitative estimate of drug-likeness (QED) is 0.0904. The molecule has 0 saturated heterocycles. The highest BCUT2D eigenvalue weighted by atomic mass is 32.2. The van der Waals surface area contributed by atoms with Gasteiger partial charge in [-0.2, -0.15) is 0 Å². The first kappa shape index (κ1) is 32.3. The average Bonchev–Trinajstić information content (AvgIpc) is 2.81.